The van der Waals surface area contributed by atoms with Crippen molar-refractivity contribution in [2.45, 2.75) is 70.4 Å². The first-order valence-corrected chi connectivity index (χ1v) is 10.9. The Labute approximate surface area is 184 Å². The molecule has 0 saturated carbocycles. The molecule has 1 aliphatic rings. The van der Waals surface area contributed by atoms with Crippen molar-refractivity contribution in [2.75, 3.05) is 12.4 Å². The third kappa shape index (κ3) is 10.6. The number of nitrogens with zero attached hydrogens (tertiary/aromatic N) is 1. The fourth-order valence-electron chi connectivity index (χ4n) is 2.43. The van der Waals surface area contributed by atoms with Crippen LogP contribution in [-0.2, 0) is 9.59 Å². The molecule has 1 heterocycles. The number of carbonyl (C=O) groups is 2. The molecule has 1 aromatic carbocycles. The summed E-state index contributed by atoms with van der Waals surface area (Å²) in [5.41, 5.74) is 4.46. The number of fused-ring (bicyclic) bond motifs is 1. The molecule has 0 atom stereocenters. The summed E-state index contributed by atoms with van der Waals surface area (Å²) < 4.78 is 5.24. The summed E-state index contributed by atoms with van der Waals surface area (Å²) in [5, 5.41) is 12.9. The minimum absolute atomic E-state index is 0. The summed E-state index contributed by atoms with van der Waals surface area (Å²) in [5.74, 6) is 0.612. The summed E-state index contributed by atoms with van der Waals surface area (Å²) >= 11 is 6.07. The van der Waals surface area contributed by atoms with Gasteiger partial charge in [0.15, 0.2) is 0 Å². The highest BCUT2D eigenvalue weighted by atomic mass is 32.2. The number of benzene rings is 1. The predicted molar refractivity (Wildman–Crippen MR) is 125 cm³/mol. The molecule has 0 saturated heterocycles. The Balaban J connectivity index is 0.00000253. The Bertz CT molecular complexity index is 700. The lowest BCUT2D eigenvalue weighted by atomic mass is 10.1. The molecule has 0 bridgehead atoms. The Morgan fingerprint density at radius 1 is 1.34 bits per heavy atom. The lowest BCUT2D eigenvalue weighted by Gasteiger charge is -2.19. The number of nitrogens with one attached hydrogen (secondary N) is 1. The highest BCUT2D eigenvalue weighted by Gasteiger charge is 2.19. The van der Waals surface area contributed by atoms with E-state index >= 15 is 0 Å². The van der Waals surface area contributed by atoms with Crippen molar-refractivity contribution in [1.29, 1.82) is 0 Å². The number of aliphatic carboxylic acids is 1. The Kier molecular flexibility index (Phi) is 12.8. The van der Waals surface area contributed by atoms with Crippen LogP contribution in [0.5, 0.6) is 5.75 Å². The van der Waals surface area contributed by atoms with Gasteiger partial charge in [0.25, 0.3) is 0 Å². The quantitative estimate of drug-likeness (QED) is 0.299. The number of thiol groups is 1. The fourth-order valence-corrected chi connectivity index (χ4v) is 3.63. The maximum atomic E-state index is 11.9. The summed E-state index contributed by atoms with van der Waals surface area (Å²) in [6.07, 6.45) is 1.64. The monoisotopic (exact) mass is 442 g/mol. The molecule has 0 aromatic heterocycles. The van der Waals surface area contributed by atoms with Crippen LogP contribution >= 0.6 is 24.4 Å². The maximum absolute atomic E-state index is 11.9. The van der Waals surface area contributed by atoms with E-state index in [4.69, 9.17) is 9.84 Å². The van der Waals surface area contributed by atoms with Crippen LogP contribution in [0, 0.1) is 0 Å². The predicted octanol–water partition coefficient (Wildman–Crippen LogP) is 5.01. The van der Waals surface area contributed by atoms with Crippen LogP contribution in [0.3, 0.4) is 0 Å². The van der Waals surface area contributed by atoms with Crippen molar-refractivity contribution in [3.8, 4) is 5.75 Å². The van der Waals surface area contributed by atoms with E-state index < -0.39 is 5.97 Å². The number of carboxylic acid groups (broad SMARTS) is 1. The van der Waals surface area contributed by atoms with E-state index in [2.05, 4.69) is 23.2 Å². The third-order valence-electron chi connectivity index (χ3n) is 3.57. The SMILES string of the molecule is C.CC.CC(C)(S)CC(=O)N/N=C1\CCSc2cc(OCCCC(=O)O)ccc21. The molecule has 6 nitrogen and oxygen atoms in total. The summed E-state index contributed by atoms with van der Waals surface area (Å²) in [6.45, 7) is 8.13. The second kappa shape index (κ2) is 13.5. The van der Waals surface area contributed by atoms with E-state index in [1.54, 1.807) is 11.8 Å². The molecule has 0 radical (unpaired) electrons. The molecule has 1 amide bonds. The minimum Gasteiger partial charge on any atom is -0.494 e. The number of rotatable bonds is 8. The van der Waals surface area contributed by atoms with E-state index in [1.165, 1.54) is 0 Å². The highest BCUT2D eigenvalue weighted by Crippen LogP contribution is 2.33. The molecule has 2 N–H and O–H groups in total. The Morgan fingerprint density at radius 2 is 2.03 bits per heavy atom. The van der Waals surface area contributed by atoms with Crippen LogP contribution < -0.4 is 10.2 Å². The van der Waals surface area contributed by atoms with Crippen LogP contribution in [0.15, 0.2) is 28.2 Å². The van der Waals surface area contributed by atoms with Crippen molar-refractivity contribution >= 4 is 42.0 Å². The molecular formula is C21H34N2O4S2. The van der Waals surface area contributed by atoms with Crippen molar-refractivity contribution in [2.24, 2.45) is 5.10 Å². The van der Waals surface area contributed by atoms with Crippen molar-refractivity contribution in [3.63, 3.8) is 0 Å². The first-order valence-electron chi connectivity index (χ1n) is 9.44. The molecule has 1 aliphatic heterocycles. The first kappa shape index (κ1) is 27.3. The lowest BCUT2D eigenvalue weighted by Crippen LogP contribution is -2.27. The van der Waals surface area contributed by atoms with Gasteiger partial charge in [0.1, 0.15) is 5.75 Å². The zero-order chi connectivity index (χ0) is 21.2. The van der Waals surface area contributed by atoms with E-state index in [0.717, 1.165) is 28.3 Å². The molecule has 2 rings (SSSR count). The summed E-state index contributed by atoms with van der Waals surface area (Å²) in [4.78, 5) is 23.5. The average molecular weight is 443 g/mol. The first-order chi connectivity index (χ1) is 13.2. The normalized spacial score (nSPS) is 14.0. The number of ether oxygens (including phenoxy) is 1. The molecule has 0 aliphatic carbocycles. The molecule has 0 unspecified atom stereocenters. The largest absolute Gasteiger partial charge is 0.494 e. The van der Waals surface area contributed by atoms with Gasteiger partial charge in [-0.05, 0) is 24.6 Å². The average Bonchev–Trinajstić information content (AvgIpc) is 2.63. The standard InChI is InChI=1S/C18H24N2O4S2.C2H6.CH4/c1-18(2,25)11-16(21)20-19-14-7-9-26-15-10-12(5-6-13(14)15)24-8-3-4-17(22)23;1-2;/h5-6,10,25H,3-4,7-9,11H2,1-2H3,(H,20,21)(H,22,23);1-2H3;1H4/b19-14+;;. The number of carboxylic acids is 1. The summed E-state index contributed by atoms with van der Waals surface area (Å²) in [6, 6.07) is 5.72. The molecule has 8 heteroatoms. The van der Waals surface area contributed by atoms with Crippen molar-refractivity contribution in [3.05, 3.63) is 23.8 Å². The van der Waals surface area contributed by atoms with Gasteiger partial charge < -0.3 is 9.84 Å². The number of thioether (sulfide) groups is 1. The Morgan fingerprint density at radius 3 is 2.66 bits per heavy atom. The van der Waals surface area contributed by atoms with Crippen LogP contribution in [0.1, 0.15) is 66.4 Å². The van der Waals surface area contributed by atoms with Gasteiger partial charge in [0, 0.05) is 40.2 Å². The topological polar surface area (TPSA) is 88.0 Å². The smallest absolute Gasteiger partial charge is 0.303 e. The van der Waals surface area contributed by atoms with E-state index in [-0.39, 0.29) is 30.9 Å². The van der Waals surface area contributed by atoms with E-state index in [1.807, 2.05) is 45.9 Å². The van der Waals surface area contributed by atoms with Crippen molar-refractivity contribution in [1.82, 2.24) is 5.43 Å². The van der Waals surface area contributed by atoms with Crippen LogP contribution in [0.2, 0.25) is 0 Å². The van der Waals surface area contributed by atoms with Crippen LogP contribution in [0.4, 0.5) is 0 Å². The number of carbonyl (C=O) groups excluding carboxylic acids is 1. The van der Waals surface area contributed by atoms with Gasteiger partial charge in [-0.2, -0.15) is 17.7 Å². The molecule has 164 valence electrons. The summed E-state index contributed by atoms with van der Waals surface area (Å²) in [7, 11) is 0. The fraction of sp³-hybridized carbons (Fsp3) is 0.571. The highest BCUT2D eigenvalue weighted by molar-refractivity contribution is 7.99. The number of hydrazone groups is 1. The van der Waals surface area contributed by atoms with Gasteiger partial charge in [-0.3, -0.25) is 9.59 Å². The molecule has 0 spiro atoms. The van der Waals surface area contributed by atoms with Crippen LogP contribution in [-0.4, -0.2) is 39.8 Å². The lowest BCUT2D eigenvalue weighted by molar-refractivity contribution is -0.137. The van der Waals surface area contributed by atoms with Crippen molar-refractivity contribution < 1.29 is 19.4 Å². The molecule has 1 aromatic rings. The van der Waals surface area contributed by atoms with E-state index in [0.29, 0.717) is 18.8 Å². The number of hydrogen-bond acceptors (Lipinski definition) is 6. The molecule has 0 fully saturated rings. The maximum Gasteiger partial charge on any atom is 0.303 e. The van der Waals surface area contributed by atoms with E-state index in [9.17, 15) is 9.59 Å². The van der Waals surface area contributed by atoms with Crippen LogP contribution in [0.25, 0.3) is 0 Å². The van der Waals surface area contributed by atoms with Gasteiger partial charge >= 0.3 is 5.97 Å². The molecule has 29 heavy (non-hydrogen) atoms. The van der Waals surface area contributed by atoms with Gasteiger partial charge in [-0.15, -0.1) is 11.8 Å². The van der Waals surface area contributed by atoms with Gasteiger partial charge in [-0.25, -0.2) is 5.43 Å². The zero-order valence-corrected chi connectivity index (χ0v) is 18.7. The number of hydrogen-bond donors (Lipinski definition) is 3. The second-order valence-corrected chi connectivity index (χ2v) is 9.03. The van der Waals surface area contributed by atoms with Gasteiger partial charge in [0.2, 0.25) is 5.91 Å². The van der Waals surface area contributed by atoms with Gasteiger partial charge in [-0.1, -0.05) is 35.1 Å². The molecular weight excluding hydrogens is 408 g/mol. The second-order valence-electron chi connectivity index (χ2n) is 6.68. The van der Waals surface area contributed by atoms with Gasteiger partial charge in [0.05, 0.1) is 12.3 Å². The minimum atomic E-state index is -0.821. The zero-order valence-electron chi connectivity index (χ0n) is 16.9. The third-order valence-corrected chi connectivity index (χ3v) is 4.79. The Hall–Kier alpha value is -1.67. The number of amides is 1.